The Morgan fingerprint density at radius 2 is 2.11 bits per heavy atom. The number of nitrogen functional groups attached to an aromatic ring is 1. The molecule has 100 valence electrons. The van der Waals surface area contributed by atoms with Gasteiger partial charge in [-0.15, -0.1) is 0 Å². The predicted octanol–water partition coefficient (Wildman–Crippen LogP) is -0.919. The molecule has 1 unspecified atom stereocenters. The number of esters is 1. The van der Waals surface area contributed by atoms with Crippen LogP contribution in [0.25, 0.3) is 0 Å². The molecule has 1 aromatic carbocycles. The van der Waals surface area contributed by atoms with Gasteiger partial charge in [-0.2, -0.15) is 0 Å². The van der Waals surface area contributed by atoms with Gasteiger partial charge in [0, 0.05) is 6.54 Å². The minimum absolute atomic E-state index is 0.0811. The van der Waals surface area contributed by atoms with Gasteiger partial charge in [-0.1, -0.05) is 12.1 Å². The molecule has 8 heteroatoms. The highest BCUT2D eigenvalue weighted by Gasteiger charge is 2.21. The molecule has 0 aliphatic heterocycles. The first-order valence-electron chi connectivity index (χ1n) is 4.98. The van der Waals surface area contributed by atoms with E-state index in [2.05, 4.69) is 9.46 Å². The summed E-state index contributed by atoms with van der Waals surface area (Å²) in [7, 11) is -2.78. The van der Waals surface area contributed by atoms with Crippen molar-refractivity contribution in [3.05, 3.63) is 24.3 Å². The van der Waals surface area contributed by atoms with Crippen LogP contribution in [0.4, 0.5) is 5.69 Å². The van der Waals surface area contributed by atoms with Crippen molar-refractivity contribution in [1.82, 2.24) is 4.72 Å². The highest BCUT2D eigenvalue weighted by molar-refractivity contribution is 7.89. The molecule has 1 atom stereocenters. The third-order valence-electron chi connectivity index (χ3n) is 2.15. The van der Waals surface area contributed by atoms with Gasteiger partial charge in [-0.25, -0.2) is 17.9 Å². The SMILES string of the molecule is COC(=O)C(O)CNS(=O)(=O)c1ccccc1N. The lowest BCUT2D eigenvalue weighted by molar-refractivity contribution is -0.149. The number of carbonyl (C=O) groups is 1. The highest BCUT2D eigenvalue weighted by atomic mass is 32.2. The summed E-state index contributed by atoms with van der Waals surface area (Å²) >= 11 is 0. The zero-order valence-electron chi connectivity index (χ0n) is 9.66. The number of hydrogen-bond acceptors (Lipinski definition) is 6. The molecule has 0 bridgehead atoms. The van der Waals surface area contributed by atoms with Crippen LogP contribution in [0.3, 0.4) is 0 Å². The van der Waals surface area contributed by atoms with Gasteiger partial charge in [0.2, 0.25) is 10.0 Å². The Morgan fingerprint density at radius 3 is 2.67 bits per heavy atom. The number of carbonyl (C=O) groups excluding carboxylic acids is 1. The van der Waals surface area contributed by atoms with E-state index in [4.69, 9.17) is 5.73 Å². The zero-order chi connectivity index (χ0) is 13.8. The Hall–Kier alpha value is -1.64. The number of methoxy groups -OCH3 is 1. The molecule has 18 heavy (non-hydrogen) atoms. The molecule has 0 radical (unpaired) electrons. The lowest BCUT2D eigenvalue weighted by Gasteiger charge is -2.11. The molecule has 7 nitrogen and oxygen atoms in total. The zero-order valence-corrected chi connectivity index (χ0v) is 10.5. The summed E-state index contributed by atoms with van der Waals surface area (Å²) in [6.45, 7) is -0.483. The second-order valence-electron chi connectivity index (χ2n) is 3.43. The van der Waals surface area contributed by atoms with Gasteiger partial charge in [0.05, 0.1) is 12.8 Å². The maximum Gasteiger partial charge on any atom is 0.336 e. The Kier molecular flexibility index (Phi) is 4.65. The normalized spacial score (nSPS) is 13.0. The third-order valence-corrected chi connectivity index (χ3v) is 3.65. The van der Waals surface area contributed by atoms with Gasteiger partial charge in [-0.05, 0) is 12.1 Å². The van der Waals surface area contributed by atoms with Crippen LogP contribution in [0.2, 0.25) is 0 Å². The highest BCUT2D eigenvalue weighted by Crippen LogP contribution is 2.16. The molecule has 0 heterocycles. The summed E-state index contributed by atoms with van der Waals surface area (Å²) in [6.07, 6.45) is -1.56. The molecular weight excluding hydrogens is 260 g/mol. The van der Waals surface area contributed by atoms with Crippen LogP contribution < -0.4 is 10.5 Å². The van der Waals surface area contributed by atoms with Crippen LogP contribution >= 0.6 is 0 Å². The number of sulfonamides is 1. The number of nitrogens with one attached hydrogen (secondary N) is 1. The van der Waals surface area contributed by atoms with Crippen molar-refractivity contribution >= 4 is 21.7 Å². The smallest absolute Gasteiger partial charge is 0.336 e. The van der Waals surface area contributed by atoms with Gasteiger partial charge in [0.25, 0.3) is 0 Å². The number of para-hydroxylation sites is 1. The van der Waals surface area contributed by atoms with Crippen LogP contribution in [-0.2, 0) is 19.6 Å². The first kappa shape index (κ1) is 14.4. The lowest BCUT2D eigenvalue weighted by atomic mass is 10.3. The van der Waals surface area contributed by atoms with Crippen molar-refractivity contribution < 1.29 is 23.1 Å². The quantitative estimate of drug-likeness (QED) is 0.472. The molecule has 0 fully saturated rings. The molecule has 1 rings (SSSR count). The van der Waals surface area contributed by atoms with E-state index in [0.29, 0.717) is 0 Å². The average Bonchev–Trinajstić information content (AvgIpc) is 2.35. The lowest BCUT2D eigenvalue weighted by Crippen LogP contribution is -2.37. The van der Waals surface area contributed by atoms with Crippen molar-refractivity contribution in [2.45, 2.75) is 11.0 Å². The second-order valence-corrected chi connectivity index (χ2v) is 5.16. The maximum atomic E-state index is 11.8. The van der Waals surface area contributed by atoms with Gasteiger partial charge in [-0.3, -0.25) is 0 Å². The van der Waals surface area contributed by atoms with Gasteiger partial charge < -0.3 is 15.6 Å². The van der Waals surface area contributed by atoms with Crippen molar-refractivity contribution in [1.29, 1.82) is 0 Å². The number of ether oxygens (including phenoxy) is 1. The summed E-state index contributed by atoms with van der Waals surface area (Å²) < 4.78 is 30.0. The number of rotatable bonds is 5. The number of aliphatic hydroxyl groups excluding tert-OH is 1. The predicted molar refractivity (Wildman–Crippen MR) is 64.1 cm³/mol. The largest absolute Gasteiger partial charge is 0.467 e. The first-order chi connectivity index (χ1) is 8.38. The maximum absolute atomic E-state index is 11.8. The van der Waals surface area contributed by atoms with E-state index in [-0.39, 0.29) is 10.6 Å². The molecule has 0 aliphatic carbocycles. The van der Waals surface area contributed by atoms with E-state index in [1.807, 2.05) is 0 Å². The van der Waals surface area contributed by atoms with E-state index in [9.17, 15) is 18.3 Å². The van der Waals surface area contributed by atoms with Gasteiger partial charge in [0.15, 0.2) is 6.10 Å². The van der Waals surface area contributed by atoms with Crippen molar-refractivity contribution in [3.63, 3.8) is 0 Å². The average molecular weight is 274 g/mol. The van der Waals surface area contributed by atoms with Crippen LogP contribution in [-0.4, -0.2) is 39.3 Å². The number of benzene rings is 1. The summed E-state index contributed by atoms with van der Waals surface area (Å²) in [5.41, 5.74) is 5.61. The fraction of sp³-hybridized carbons (Fsp3) is 0.300. The van der Waals surface area contributed by atoms with Crippen LogP contribution in [0, 0.1) is 0 Å². The molecule has 0 amide bonds. The van der Waals surface area contributed by atoms with E-state index >= 15 is 0 Å². The van der Waals surface area contributed by atoms with E-state index in [1.54, 1.807) is 6.07 Å². The molecule has 0 aliphatic rings. The van der Waals surface area contributed by atoms with Crippen molar-refractivity contribution in [2.24, 2.45) is 0 Å². The van der Waals surface area contributed by atoms with Crippen LogP contribution in [0.1, 0.15) is 0 Å². The molecule has 0 spiro atoms. The van der Waals surface area contributed by atoms with Crippen LogP contribution in [0.5, 0.6) is 0 Å². The molecule has 0 saturated carbocycles. The summed E-state index contributed by atoms with van der Waals surface area (Å²) in [5.74, 6) is -0.918. The Balaban J connectivity index is 2.78. The topological polar surface area (TPSA) is 119 Å². The van der Waals surface area contributed by atoms with E-state index in [1.165, 1.54) is 18.2 Å². The second kappa shape index (κ2) is 5.80. The summed E-state index contributed by atoms with van der Waals surface area (Å²) in [6, 6.07) is 5.87. The van der Waals surface area contributed by atoms with E-state index < -0.39 is 28.6 Å². The Labute approximate surface area is 105 Å². The van der Waals surface area contributed by atoms with Crippen molar-refractivity contribution in [3.8, 4) is 0 Å². The molecular formula is C10H14N2O5S. The number of aliphatic hydroxyl groups is 1. The van der Waals surface area contributed by atoms with Crippen LogP contribution in [0.15, 0.2) is 29.2 Å². The Bertz CT molecular complexity index is 529. The number of nitrogens with two attached hydrogens (primary N) is 1. The summed E-state index contributed by atoms with van der Waals surface area (Å²) in [4.78, 5) is 10.8. The fourth-order valence-electron chi connectivity index (χ4n) is 1.21. The third kappa shape index (κ3) is 3.42. The number of hydrogen-bond donors (Lipinski definition) is 3. The van der Waals surface area contributed by atoms with Crippen molar-refractivity contribution in [2.75, 3.05) is 19.4 Å². The molecule has 1 aromatic rings. The molecule has 4 N–H and O–H groups in total. The monoisotopic (exact) mass is 274 g/mol. The first-order valence-corrected chi connectivity index (χ1v) is 6.47. The standard InChI is InChI=1S/C10H14N2O5S/c1-17-10(14)8(13)6-12-18(15,16)9-5-3-2-4-7(9)11/h2-5,8,12-13H,6,11H2,1H3. The van der Waals surface area contributed by atoms with Gasteiger partial charge >= 0.3 is 5.97 Å². The molecule has 0 saturated heterocycles. The Morgan fingerprint density at radius 1 is 1.50 bits per heavy atom. The molecule has 0 aromatic heterocycles. The fourth-order valence-corrected chi connectivity index (χ4v) is 2.38. The van der Waals surface area contributed by atoms with Gasteiger partial charge in [0.1, 0.15) is 4.90 Å². The van der Waals surface area contributed by atoms with E-state index in [0.717, 1.165) is 7.11 Å². The number of anilines is 1. The minimum Gasteiger partial charge on any atom is -0.467 e. The minimum atomic E-state index is -3.87. The summed E-state index contributed by atoms with van der Waals surface area (Å²) in [5, 5.41) is 9.26.